The third-order valence-electron chi connectivity index (χ3n) is 6.33. The molecule has 10 heteroatoms. The lowest BCUT2D eigenvalue weighted by molar-refractivity contribution is -0.143. The lowest BCUT2D eigenvalue weighted by Gasteiger charge is -2.44. The molecule has 2 aromatic rings. The van der Waals surface area contributed by atoms with Gasteiger partial charge in [-0.05, 0) is 49.2 Å². The summed E-state index contributed by atoms with van der Waals surface area (Å²) in [6, 6.07) is 4.50. The van der Waals surface area contributed by atoms with Gasteiger partial charge in [-0.1, -0.05) is 6.07 Å². The maximum atomic E-state index is 13.2. The van der Waals surface area contributed by atoms with Crippen LogP contribution in [0.4, 0.5) is 26.3 Å². The van der Waals surface area contributed by atoms with E-state index in [0.717, 1.165) is 11.1 Å². The van der Waals surface area contributed by atoms with Gasteiger partial charge in [0, 0.05) is 31.5 Å². The lowest BCUT2D eigenvalue weighted by atomic mass is 9.81. The van der Waals surface area contributed by atoms with E-state index < -0.39 is 40.6 Å². The highest BCUT2D eigenvalue weighted by Gasteiger charge is 2.45. The van der Waals surface area contributed by atoms with Gasteiger partial charge in [-0.3, -0.25) is 9.59 Å². The highest BCUT2D eigenvalue weighted by molar-refractivity contribution is 6.02. The number of rotatable bonds is 1. The first-order valence-electron chi connectivity index (χ1n) is 10.6. The van der Waals surface area contributed by atoms with E-state index in [9.17, 15) is 35.9 Å². The molecule has 0 radical (unpaired) electrons. The minimum atomic E-state index is -5.04. The Morgan fingerprint density at radius 3 is 2.00 bits per heavy atom. The van der Waals surface area contributed by atoms with Gasteiger partial charge in [-0.25, -0.2) is 0 Å². The lowest BCUT2D eigenvalue weighted by Crippen LogP contribution is -2.52. The van der Waals surface area contributed by atoms with Crippen LogP contribution >= 0.6 is 0 Å². The molecular weight excluding hydrogens is 464 g/mol. The molecule has 0 bridgehead atoms. The molecule has 0 aliphatic carbocycles. The van der Waals surface area contributed by atoms with Crippen LogP contribution in [0.5, 0.6) is 5.75 Å². The summed E-state index contributed by atoms with van der Waals surface area (Å²) < 4.78 is 85.1. The second-order valence-corrected chi connectivity index (χ2v) is 8.93. The first-order chi connectivity index (χ1) is 15.7. The van der Waals surface area contributed by atoms with Crippen LogP contribution < -0.4 is 4.74 Å². The first-order valence-corrected chi connectivity index (χ1v) is 10.6. The van der Waals surface area contributed by atoms with E-state index >= 15 is 0 Å². The molecule has 1 amide bonds. The monoisotopic (exact) mass is 485 g/mol. The van der Waals surface area contributed by atoms with Crippen molar-refractivity contribution in [2.45, 2.75) is 51.1 Å². The van der Waals surface area contributed by atoms with E-state index in [2.05, 4.69) is 0 Å². The van der Waals surface area contributed by atoms with Crippen LogP contribution in [0.1, 0.15) is 62.2 Å². The fraction of sp³-hybridized carbons (Fsp3) is 0.417. The van der Waals surface area contributed by atoms with Crippen molar-refractivity contribution in [3.63, 3.8) is 0 Å². The third kappa shape index (κ3) is 4.50. The normalized spacial score (nSPS) is 18.0. The summed E-state index contributed by atoms with van der Waals surface area (Å²) in [5.41, 5.74) is -2.41. The molecule has 2 heterocycles. The molecule has 1 fully saturated rings. The summed E-state index contributed by atoms with van der Waals surface area (Å²) in [6.07, 6.45) is -9.54. The van der Waals surface area contributed by atoms with Crippen molar-refractivity contribution in [3.8, 4) is 5.75 Å². The molecule has 0 unspecified atom stereocenters. The number of hydrogen-bond donors (Lipinski definition) is 0. The zero-order valence-corrected chi connectivity index (χ0v) is 18.4. The van der Waals surface area contributed by atoms with Gasteiger partial charge in [0.25, 0.3) is 5.91 Å². The molecule has 2 aromatic carbocycles. The van der Waals surface area contributed by atoms with E-state index in [1.807, 2.05) is 19.9 Å². The number of carbonyl (C=O) groups excluding carboxylic acids is 2. The summed E-state index contributed by atoms with van der Waals surface area (Å²) in [6.45, 7) is 3.75. The number of Topliss-reactive ketones (excluding diaryl/α,β-unsaturated/α-hetero) is 1. The minimum Gasteiger partial charge on any atom is -0.486 e. The molecule has 2 aliphatic heterocycles. The zero-order valence-electron chi connectivity index (χ0n) is 18.4. The van der Waals surface area contributed by atoms with Gasteiger partial charge in [0.05, 0.1) is 23.1 Å². The molecule has 4 rings (SSSR count). The quantitative estimate of drug-likeness (QED) is 0.467. The second kappa shape index (κ2) is 8.02. The Bertz CT molecular complexity index is 1130. The number of halogens is 6. The van der Waals surface area contributed by atoms with Crippen molar-refractivity contribution in [3.05, 3.63) is 63.7 Å². The van der Waals surface area contributed by atoms with Gasteiger partial charge in [-0.15, -0.1) is 0 Å². The van der Waals surface area contributed by atoms with Crippen molar-refractivity contribution >= 4 is 11.7 Å². The number of aryl methyl sites for hydroxylation is 2. The Morgan fingerprint density at radius 2 is 1.47 bits per heavy atom. The van der Waals surface area contributed by atoms with Crippen LogP contribution in [0, 0.1) is 13.8 Å². The molecule has 4 nitrogen and oxygen atoms in total. The molecular formula is C24H21F6NO3. The summed E-state index contributed by atoms with van der Waals surface area (Å²) in [5, 5.41) is 0. The van der Waals surface area contributed by atoms with E-state index in [0.29, 0.717) is 23.4 Å². The van der Waals surface area contributed by atoms with Crippen molar-refractivity contribution in [2.75, 3.05) is 13.1 Å². The fourth-order valence-electron chi connectivity index (χ4n) is 4.67. The highest BCUT2D eigenvalue weighted by Crippen LogP contribution is 2.42. The number of likely N-dealkylation sites (tertiary alicyclic amines) is 1. The van der Waals surface area contributed by atoms with Gasteiger partial charge in [0.1, 0.15) is 11.4 Å². The second-order valence-electron chi connectivity index (χ2n) is 8.93. The van der Waals surface area contributed by atoms with Gasteiger partial charge in [0.15, 0.2) is 5.78 Å². The van der Waals surface area contributed by atoms with E-state index in [-0.39, 0.29) is 44.2 Å². The van der Waals surface area contributed by atoms with Crippen LogP contribution in [0.2, 0.25) is 0 Å². The number of alkyl halides is 6. The Balaban J connectivity index is 1.56. The minimum absolute atomic E-state index is 0.00905. The smallest absolute Gasteiger partial charge is 0.416 e. The standard InChI is InChI=1S/C24H21F6NO3/c1-13-7-14(2)20-18(32)12-22(34-19(20)8-13)3-5-31(6-4-22)21(33)15-9-16(23(25,26)27)11-17(10-15)24(28,29)30/h7-11H,3-6,12H2,1-2H3. The number of ether oxygens (including phenoxy) is 1. The average molecular weight is 485 g/mol. The summed E-state index contributed by atoms with van der Waals surface area (Å²) in [7, 11) is 0. The fourth-order valence-corrected chi connectivity index (χ4v) is 4.67. The summed E-state index contributed by atoms with van der Waals surface area (Å²) in [4.78, 5) is 26.9. The van der Waals surface area contributed by atoms with Gasteiger partial charge >= 0.3 is 12.4 Å². The van der Waals surface area contributed by atoms with Crippen LogP contribution in [-0.4, -0.2) is 35.3 Å². The number of carbonyl (C=O) groups is 2. The molecule has 0 atom stereocenters. The maximum absolute atomic E-state index is 13.2. The van der Waals surface area contributed by atoms with Crippen LogP contribution in [0.25, 0.3) is 0 Å². The molecule has 0 N–H and O–H groups in total. The molecule has 182 valence electrons. The zero-order chi connectivity index (χ0) is 25.1. The van der Waals surface area contributed by atoms with E-state index in [4.69, 9.17) is 4.74 Å². The number of fused-ring (bicyclic) bond motifs is 1. The molecule has 2 aliphatic rings. The molecule has 0 saturated carbocycles. The molecule has 1 spiro atoms. The summed E-state index contributed by atoms with van der Waals surface area (Å²) >= 11 is 0. The molecule has 0 aromatic heterocycles. The van der Waals surface area contributed by atoms with Gasteiger partial charge < -0.3 is 9.64 Å². The van der Waals surface area contributed by atoms with Gasteiger partial charge in [0.2, 0.25) is 0 Å². The number of nitrogens with zero attached hydrogens (tertiary/aromatic N) is 1. The van der Waals surface area contributed by atoms with Crippen LogP contribution in [0.15, 0.2) is 30.3 Å². The highest BCUT2D eigenvalue weighted by atomic mass is 19.4. The Hall–Kier alpha value is -3.04. The predicted octanol–water partition coefficient (Wildman–Crippen LogP) is 5.98. The molecule has 1 saturated heterocycles. The largest absolute Gasteiger partial charge is 0.486 e. The summed E-state index contributed by atoms with van der Waals surface area (Å²) in [5.74, 6) is -0.562. The first kappa shape index (κ1) is 24.1. The van der Waals surface area contributed by atoms with Crippen molar-refractivity contribution < 1.29 is 40.7 Å². The van der Waals surface area contributed by atoms with Crippen molar-refractivity contribution in [1.82, 2.24) is 4.90 Å². The van der Waals surface area contributed by atoms with Crippen molar-refractivity contribution in [2.24, 2.45) is 0 Å². The Labute approximate surface area is 191 Å². The number of ketones is 1. The third-order valence-corrected chi connectivity index (χ3v) is 6.33. The maximum Gasteiger partial charge on any atom is 0.416 e. The predicted molar refractivity (Wildman–Crippen MR) is 110 cm³/mol. The van der Waals surface area contributed by atoms with E-state index in [1.54, 1.807) is 6.07 Å². The Kier molecular flexibility index (Phi) is 5.69. The topological polar surface area (TPSA) is 46.6 Å². The van der Waals surface area contributed by atoms with Crippen LogP contribution in [-0.2, 0) is 12.4 Å². The van der Waals surface area contributed by atoms with E-state index in [1.165, 1.54) is 4.90 Å². The number of amides is 1. The van der Waals surface area contributed by atoms with Gasteiger partial charge in [-0.2, -0.15) is 26.3 Å². The number of benzene rings is 2. The SMILES string of the molecule is Cc1cc(C)c2c(c1)OC1(CCN(C(=O)c3cc(C(F)(F)F)cc(C(F)(F)F)c3)CC1)CC2=O. The molecule has 34 heavy (non-hydrogen) atoms. The average Bonchev–Trinajstić information content (AvgIpc) is 2.71. The number of piperidine rings is 1. The number of hydrogen-bond acceptors (Lipinski definition) is 3. The Morgan fingerprint density at radius 1 is 0.912 bits per heavy atom. The van der Waals surface area contributed by atoms with Crippen molar-refractivity contribution in [1.29, 1.82) is 0 Å². The van der Waals surface area contributed by atoms with Crippen LogP contribution in [0.3, 0.4) is 0 Å².